The van der Waals surface area contributed by atoms with E-state index in [-0.39, 0.29) is 12.5 Å². The van der Waals surface area contributed by atoms with Crippen molar-refractivity contribution in [3.05, 3.63) is 46.7 Å². The van der Waals surface area contributed by atoms with E-state index in [2.05, 4.69) is 0 Å². The summed E-state index contributed by atoms with van der Waals surface area (Å²) in [6.45, 7) is 1.89. The molecule has 132 valence electrons. The summed E-state index contributed by atoms with van der Waals surface area (Å²) in [5.41, 5.74) is 0. The predicted octanol–water partition coefficient (Wildman–Crippen LogP) is 2.48. The molecule has 0 spiro atoms. The fourth-order valence-corrected chi connectivity index (χ4v) is 3.19. The van der Waals surface area contributed by atoms with Gasteiger partial charge in [0.25, 0.3) is 5.91 Å². The summed E-state index contributed by atoms with van der Waals surface area (Å²) in [5.74, 6) is 0.195. The molecule has 25 heavy (non-hydrogen) atoms. The molecule has 0 radical (unpaired) electrons. The molecule has 2 aromatic rings. The first-order chi connectivity index (χ1) is 12.0. The Labute approximate surface area is 149 Å². The molecule has 2 atom stereocenters. The number of nitrogens with zero attached hydrogens (tertiary/aromatic N) is 1. The van der Waals surface area contributed by atoms with E-state index in [0.717, 1.165) is 4.88 Å². The van der Waals surface area contributed by atoms with Gasteiger partial charge in [0.15, 0.2) is 18.1 Å². The van der Waals surface area contributed by atoms with E-state index in [0.29, 0.717) is 18.0 Å². The summed E-state index contributed by atoms with van der Waals surface area (Å²) in [6, 6.07) is 11.0. The van der Waals surface area contributed by atoms with Gasteiger partial charge < -0.3 is 19.1 Å². The lowest BCUT2D eigenvalue weighted by Crippen LogP contribution is -2.45. The third-order valence-corrected chi connectivity index (χ3v) is 4.67. The van der Waals surface area contributed by atoms with Crippen molar-refractivity contribution in [2.75, 3.05) is 13.7 Å². The molecule has 0 saturated heterocycles. The monoisotopic (exact) mass is 361 g/mol. The number of esters is 1. The van der Waals surface area contributed by atoms with Gasteiger partial charge in [0, 0.05) is 11.9 Å². The number of thiophene rings is 1. The zero-order chi connectivity index (χ0) is 17.8. The minimum atomic E-state index is -0.898. The van der Waals surface area contributed by atoms with E-state index in [1.165, 1.54) is 4.90 Å². The molecule has 0 N–H and O–H groups in total. The van der Waals surface area contributed by atoms with Gasteiger partial charge in [-0.25, -0.2) is 4.79 Å². The molecule has 2 unspecified atom stereocenters. The zero-order valence-electron chi connectivity index (χ0n) is 14.0. The maximum absolute atomic E-state index is 12.3. The number of amides is 1. The summed E-state index contributed by atoms with van der Waals surface area (Å²) < 4.78 is 16.5. The van der Waals surface area contributed by atoms with Crippen LogP contribution in [-0.2, 0) is 20.9 Å². The van der Waals surface area contributed by atoms with E-state index in [1.807, 2.05) is 23.6 Å². The summed E-state index contributed by atoms with van der Waals surface area (Å²) in [7, 11) is 1.68. The molecule has 1 aliphatic rings. The van der Waals surface area contributed by atoms with Crippen molar-refractivity contribution in [3.63, 3.8) is 0 Å². The first-order valence-electron chi connectivity index (χ1n) is 7.90. The number of hydrogen-bond acceptors (Lipinski definition) is 6. The van der Waals surface area contributed by atoms with Gasteiger partial charge in [0.05, 0.1) is 6.54 Å². The molecule has 1 aliphatic heterocycles. The SMILES string of the molecule is CC1Oc2ccccc2OC1C(=O)OCC(=O)N(C)Cc1cccs1. The van der Waals surface area contributed by atoms with Crippen LogP contribution in [0.5, 0.6) is 11.5 Å². The van der Waals surface area contributed by atoms with Crippen molar-refractivity contribution < 1.29 is 23.8 Å². The van der Waals surface area contributed by atoms with Crippen LogP contribution in [0.25, 0.3) is 0 Å². The normalized spacial score (nSPS) is 18.5. The van der Waals surface area contributed by atoms with Crippen molar-refractivity contribution in [2.45, 2.75) is 25.7 Å². The largest absolute Gasteiger partial charge is 0.482 e. The maximum atomic E-state index is 12.3. The third-order valence-electron chi connectivity index (χ3n) is 3.81. The lowest BCUT2D eigenvalue weighted by Gasteiger charge is -2.30. The van der Waals surface area contributed by atoms with Gasteiger partial charge in [-0.05, 0) is 30.5 Å². The van der Waals surface area contributed by atoms with Crippen LogP contribution in [0.1, 0.15) is 11.8 Å². The smallest absolute Gasteiger partial charge is 0.351 e. The number of hydrogen-bond donors (Lipinski definition) is 0. The van der Waals surface area contributed by atoms with Gasteiger partial charge in [0.2, 0.25) is 6.10 Å². The number of fused-ring (bicyclic) bond motifs is 1. The molecule has 2 heterocycles. The highest BCUT2D eigenvalue weighted by molar-refractivity contribution is 7.09. The van der Waals surface area contributed by atoms with Gasteiger partial charge >= 0.3 is 5.97 Å². The van der Waals surface area contributed by atoms with Crippen LogP contribution in [-0.4, -0.2) is 42.6 Å². The van der Waals surface area contributed by atoms with Crippen LogP contribution >= 0.6 is 11.3 Å². The van der Waals surface area contributed by atoms with Crippen molar-refractivity contribution in [3.8, 4) is 11.5 Å². The van der Waals surface area contributed by atoms with Crippen molar-refractivity contribution in [2.24, 2.45) is 0 Å². The van der Waals surface area contributed by atoms with Crippen molar-refractivity contribution >= 4 is 23.2 Å². The lowest BCUT2D eigenvalue weighted by molar-refractivity contribution is -0.162. The summed E-state index contributed by atoms with van der Waals surface area (Å²) in [5, 5.41) is 1.95. The number of carbonyl (C=O) groups is 2. The van der Waals surface area contributed by atoms with Crippen molar-refractivity contribution in [1.29, 1.82) is 0 Å². The molecule has 7 heteroatoms. The Bertz CT molecular complexity index is 746. The van der Waals surface area contributed by atoms with E-state index in [4.69, 9.17) is 14.2 Å². The van der Waals surface area contributed by atoms with Gasteiger partial charge in [0.1, 0.15) is 6.10 Å². The molecule has 1 aromatic carbocycles. The third kappa shape index (κ3) is 4.11. The predicted molar refractivity (Wildman–Crippen MR) is 92.7 cm³/mol. The summed E-state index contributed by atoms with van der Waals surface area (Å²) >= 11 is 1.57. The van der Waals surface area contributed by atoms with E-state index >= 15 is 0 Å². The van der Waals surface area contributed by atoms with Crippen LogP contribution in [0.3, 0.4) is 0 Å². The minimum absolute atomic E-state index is 0.272. The highest BCUT2D eigenvalue weighted by atomic mass is 32.1. The van der Waals surface area contributed by atoms with E-state index in [9.17, 15) is 9.59 Å². The number of ether oxygens (including phenoxy) is 3. The van der Waals surface area contributed by atoms with Crippen LogP contribution in [0.4, 0.5) is 0 Å². The fourth-order valence-electron chi connectivity index (χ4n) is 2.43. The van der Waals surface area contributed by atoms with Gasteiger partial charge in [-0.1, -0.05) is 18.2 Å². The molecule has 1 aromatic heterocycles. The Balaban J connectivity index is 1.53. The number of para-hydroxylation sites is 2. The number of benzene rings is 1. The molecule has 0 aliphatic carbocycles. The summed E-state index contributed by atoms with van der Waals surface area (Å²) in [6.07, 6.45) is -1.40. The molecule has 0 saturated carbocycles. The minimum Gasteiger partial charge on any atom is -0.482 e. The topological polar surface area (TPSA) is 65.1 Å². The molecular formula is C18H19NO5S. The second-order valence-corrected chi connectivity index (χ2v) is 6.78. The molecule has 0 bridgehead atoms. The van der Waals surface area contributed by atoms with E-state index in [1.54, 1.807) is 43.5 Å². The Morgan fingerprint density at radius 3 is 2.56 bits per heavy atom. The van der Waals surface area contributed by atoms with Gasteiger partial charge in [-0.3, -0.25) is 4.79 Å². The highest BCUT2D eigenvalue weighted by Crippen LogP contribution is 2.33. The highest BCUT2D eigenvalue weighted by Gasteiger charge is 2.35. The first-order valence-corrected chi connectivity index (χ1v) is 8.78. The Kier molecular flexibility index (Phi) is 5.23. The zero-order valence-corrected chi connectivity index (χ0v) is 14.8. The lowest BCUT2D eigenvalue weighted by atomic mass is 10.2. The molecule has 1 amide bonds. The second kappa shape index (κ2) is 7.57. The van der Waals surface area contributed by atoms with Crippen LogP contribution in [0, 0.1) is 0 Å². The quantitative estimate of drug-likeness (QED) is 0.766. The Morgan fingerprint density at radius 1 is 1.16 bits per heavy atom. The van der Waals surface area contributed by atoms with Crippen LogP contribution in [0.15, 0.2) is 41.8 Å². The average Bonchev–Trinajstić information content (AvgIpc) is 3.11. The summed E-state index contributed by atoms with van der Waals surface area (Å²) in [4.78, 5) is 27.0. The van der Waals surface area contributed by atoms with Gasteiger partial charge in [-0.2, -0.15) is 0 Å². The molecule has 0 fully saturated rings. The standard InChI is InChI=1S/C18H19NO5S/c1-12-17(24-15-8-4-3-7-14(15)23-12)18(21)22-11-16(20)19(2)10-13-6-5-9-25-13/h3-9,12,17H,10-11H2,1-2H3. The van der Waals surface area contributed by atoms with E-state index < -0.39 is 18.2 Å². The molecule has 3 rings (SSSR count). The molecule has 6 nitrogen and oxygen atoms in total. The van der Waals surface area contributed by atoms with Crippen LogP contribution in [0.2, 0.25) is 0 Å². The number of likely N-dealkylation sites (N-methyl/N-ethyl adjacent to an activating group) is 1. The number of rotatable bonds is 5. The second-order valence-electron chi connectivity index (χ2n) is 5.75. The average molecular weight is 361 g/mol. The van der Waals surface area contributed by atoms with Gasteiger partial charge in [-0.15, -0.1) is 11.3 Å². The number of carbonyl (C=O) groups excluding carboxylic acids is 2. The maximum Gasteiger partial charge on any atom is 0.351 e. The van der Waals surface area contributed by atoms with Crippen molar-refractivity contribution in [1.82, 2.24) is 4.90 Å². The Morgan fingerprint density at radius 2 is 1.88 bits per heavy atom. The van der Waals surface area contributed by atoms with Crippen LogP contribution < -0.4 is 9.47 Å². The first kappa shape index (κ1) is 17.3. The Hall–Kier alpha value is -2.54. The molecular weight excluding hydrogens is 342 g/mol. The fraction of sp³-hybridized carbons (Fsp3) is 0.333.